The molecule has 104 valence electrons. The monoisotopic (exact) mass is 303 g/mol. The summed E-state index contributed by atoms with van der Waals surface area (Å²) < 4.78 is 27.7. The van der Waals surface area contributed by atoms with Gasteiger partial charge in [-0.2, -0.15) is 12.7 Å². The van der Waals surface area contributed by atoms with Crippen LogP contribution in [0.25, 0.3) is 0 Å². The molecule has 0 aromatic heterocycles. The minimum atomic E-state index is -3.81. The maximum atomic E-state index is 11.6. The quantitative estimate of drug-likeness (QED) is 0.474. The molecule has 1 atom stereocenters. The third kappa shape index (κ3) is 5.42. The van der Waals surface area contributed by atoms with Crippen molar-refractivity contribution in [1.29, 1.82) is 0 Å². The van der Waals surface area contributed by atoms with Gasteiger partial charge in [0.05, 0.1) is 11.4 Å². The van der Waals surface area contributed by atoms with Crippen molar-refractivity contribution in [2.75, 3.05) is 5.75 Å². The van der Waals surface area contributed by atoms with Crippen molar-refractivity contribution >= 4 is 28.0 Å². The molecule has 0 spiro atoms. The Kier molecular flexibility index (Phi) is 5.53. The summed E-state index contributed by atoms with van der Waals surface area (Å²) in [6, 6.07) is 6.88. The Morgan fingerprint density at radius 3 is 2.58 bits per heavy atom. The van der Waals surface area contributed by atoms with E-state index in [1.54, 1.807) is 31.2 Å². The highest BCUT2D eigenvalue weighted by atomic mass is 35.5. The second-order valence-corrected chi connectivity index (χ2v) is 6.06. The number of allylic oxidation sites excluding steroid dienone is 1. The Balaban J connectivity index is 2.64. The van der Waals surface area contributed by atoms with Crippen LogP contribution in [-0.2, 0) is 19.2 Å². The van der Waals surface area contributed by atoms with Crippen LogP contribution in [0.3, 0.4) is 0 Å². The van der Waals surface area contributed by atoms with E-state index in [1.165, 1.54) is 0 Å². The largest absolute Gasteiger partial charge is 0.296 e. The predicted octanol–water partition coefficient (Wildman–Crippen LogP) is 2.01. The summed E-state index contributed by atoms with van der Waals surface area (Å²) in [5, 5.41) is 0.582. The number of benzene rings is 1. The van der Waals surface area contributed by atoms with Gasteiger partial charge >= 0.3 is 0 Å². The number of halogens is 1. The van der Waals surface area contributed by atoms with Crippen LogP contribution in [0.1, 0.15) is 18.4 Å². The lowest BCUT2D eigenvalue weighted by Gasteiger charge is -2.12. The van der Waals surface area contributed by atoms with E-state index in [0.717, 1.165) is 5.56 Å². The smallest absolute Gasteiger partial charge is 0.288 e. The van der Waals surface area contributed by atoms with Gasteiger partial charge in [0, 0.05) is 5.02 Å². The van der Waals surface area contributed by atoms with E-state index in [-0.39, 0.29) is 17.4 Å². The van der Waals surface area contributed by atoms with E-state index in [9.17, 15) is 13.2 Å². The molecule has 0 amide bonds. The van der Waals surface area contributed by atoms with Crippen LogP contribution in [-0.4, -0.2) is 20.5 Å². The molecule has 0 aliphatic carbocycles. The maximum absolute atomic E-state index is 11.6. The zero-order valence-corrected chi connectivity index (χ0v) is 11.9. The first-order valence-corrected chi connectivity index (χ1v) is 7.36. The molecule has 0 bridgehead atoms. The van der Waals surface area contributed by atoms with E-state index >= 15 is 0 Å². The van der Waals surface area contributed by atoms with Gasteiger partial charge in [-0.25, -0.2) is 5.48 Å². The second kappa shape index (κ2) is 6.70. The van der Waals surface area contributed by atoms with Gasteiger partial charge in [0.1, 0.15) is 0 Å². The predicted molar refractivity (Wildman–Crippen MR) is 73.1 cm³/mol. The van der Waals surface area contributed by atoms with E-state index in [4.69, 9.17) is 11.6 Å². The van der Waals surface area contributed by atoms with Gasteiger partial charge in [0.15, 0.2) is 6.29 Å². The van der Waals surface area contributed by atoms with Gasteiger partial charge in [0.25, 0.3) is 10.1 Å². The summed E-state index contributed by atoms with van der Waals surface area (Å²) in [6.45, 7) is 4.99. The molecule has 7 heteroatoms. The van der Waals surface area contributed by atoms with Crippen molar-refractivity contribution in [1.82, 2.24) is 5.48 Å². The Hall–Kier alpha value is -1.37. The summed E-state index contributed by atoms with van der Waals surface area (Å²) in [5.74, 6) is -0.498. The van der Waals surface area contributed by atoms with Crippen LogP contribution in [0.5, 0.6) is 0 Å². The number of rotatable bonds is 7. The molecule has 0 aliphatic heterocycles. The number of carbonyl (C=O) groups is 1. The Morgan fingerprint density at radius 2 is 2.05 bits per heavy atom. The van der Waals surface area contributed by atoms with Crippen molar-refractivity contribution in [3.05, 3.63) is 47.1 Å². The summed E-state index contributed by atoms with van der Waals surface area (Å²) in [7, 11) is -3.81. The van der Waals surface area contributed by atoms with Crippen molar-refractivity contribution in [2.45, 2.75) is 12.8 Å². The van der Waals surface area contributed by atoms with Gasteiger partial charge in [-0.3, -0.25) is 4.79 Å². The first-order chi connectivity index (χ1) is 8.84. The first-order valence-electron chi connectivity index (χ1n) is 5.41. The molecule has 1 aromatic carbocycles. The third-order valence-electron chi connectivity index (χ3n) is 2.34. The fraction of sp³-hybridized carbons (Fsp3) is 0.250. The number of hydroxylamine groups is 1. The van der Waals surface area contributed by atoms with Crippen LogP contribution in [0.15, 0.2) is 36.5 Å². The van der Waals surface area contributed by atoms with Gasteiger partial charge in [0.2, 0.25) is 0 Å². The molecule has 0 fully saturated rings. The second-order valence-electron chi connectivity index (χ2n) is 4.01. The van der Waals surface area contributed by atoms with Gasteiger partial charge in [-0.15, -0.1) is 0 Å². The molecule has 1 aromatic rings. The molecule has 0 saturated carbocycles. The SMILES string of the molecule is C=C(C=O)NOS(=O)(=O)CC(C)c1ccc(Cl)cc1. The minimum absolute atomic E-state index is 0.164. The molecule has 0 heterocycles. The van der Waals surface area contributed by atoms with E-state index < -0.39 is 10.1 Å². The van der Waals surface area contributed by atoms with Crippen LogP contribution >= 0.6 is 11.6 Å². The molecule has 0 aliphatic rings. The molecular weight excluding hydrogens is 290 g/mol. The molecule has 19 heavy (non-hydrogen) atoms. The van der Waals surface area contributed by atoms with Crippen molar-refractivity contribution < 1.29 is 17.5 Å². The fourth-order valence-electron chi connectivity index (χ4n) is 1.37. The van der Waals surface area contributed by atoms with Crippen molar-refractivity contribution in [3.63, 3.8) is 0 Å². The third-order valence-corrected chi connectivity index (χ3v) is 3.83. The van der Waals surface area contributed by atoms with Crippen LogP contribution in [0.2, 0.25) is 5.02 Å². The standard InChI is InChI=1S/C12H14ClNO4S/c1-9(11-3-5-12(13)6-4-11)8-19(16,17)18-14-10(2)7-15/h3-7,9,14H,2,8H2,1H3. The van der Waals surface area contributed by atoms with Gasteiger partial charge in [-0.1, -0.05) is 37.2 Å². The van der Waals surface area contributed by atoms with Crippen molar-refractivity contribution in [3.8, 4) is 0 Å². The lowest BCUT2D eigenvalue weighted by Crippen LogP contribution is -2.24. The van der Waals surface area contributed by atoms with E-state index in [1.807, 2.05) is 5.48 Å². The zero-order valence-electron chi connectivity index (χ0n) is 10.3. The highest BCUT2D eigenvalue weighted by Gasteiger charge is 2.18. The molecule has 5 nitrogen and oxygen atoms in total. The summed E-state index contributed by atoms with van der Waals surface area (Å²) >= 11 is 5.75. The van der Waals surface area contributed by atoms with Crippen molar-refractivity contribution in [2.24, 2.45) is 0 Å². The lowest BCUT2D eigenvalue weighted by molar-refractivity contribution is -0.105. The highest BCUT2D eigenvalue weighted by Crippen LogP contribution is 2.20. The van der Waals surface area contributed by atoms with Gasteiger partial charge in [-0.05, 0) is 23.6 Å². The maximum Gasteiger partial charge on any atom is 0.288 e. The first kappa shape index (κ1) is 15.7. The normalized spacial score (nSPS) is 12.7. The Labute approximate surface area is 117 Å². The van der Waals surface area contributed by atoms with E-state index in [2.05, 4.69) is 10.9 Å². The molecule has 0 radical (unpaired) electrons. The molecule has 1 rings (SSSR count). The Bertz CT molecular complexity index is 554. The van der Waals surface area contributed by atoms with Crippen LogP contribution in [0.4, 0.5) is 0 Å². The summed E-state index contributed by atoms with van der Waals surface area (Å²) in [5.41, 5.74) is 2.63. The fourth-order valence-corrected chi connectivity index (χ4v) is 2.60. The average Bonchev–Trinajstić information content (AvgIpc) is 2.36. The van der Waals surface area contributed by atoms with Crippen LogP contribution in [0, 0.1) is 0 Å². The average molecular weight is 304 g/mol. The molecular formula is C12H14ClNO4S. The number of hydrogen-bond donors (Lipinski definition) is 1. The number of aldehydes is 1. The molecule has 1 unspecified atom stereocenters. The summed E-state index contributed by atoms with van der Waals surface area (Å²) in [4.78, 5) is 10.2. The topological polar surface area (TPSA) is 72.5 Å². The Morgan fingerprint density at radius 1 is 1.47 bits per heavy atom. The lowest BCUT2D eigenvalue weighted by atomic mass is 10.0. The minimum Gasteiger partial charge on any atom is -0.296 e. The number of carbonyl (C=O) groups excluding carboxylic acids is 1. The van der Waals surface area contributed by atoms with E-state index in [0.29, 0.717) is 11.3 Å². The number of hydrogen-bond acceptors (Lipinski definition) is 5. The molecule has 0 saturated heterocycles. The summed E-state index contributed by atoms with van der Waals surface area (Å²) in [6.07, 6.45) is 0.359. The molecule has 1 N–H and O–H groups in total. The van der Waals surface area contributed by atoms with Crippen LogP contribution < -0.4 is 5.48 Å². The zero-order chi connectivity index (χ0) is 14.5. The van der Waals surface area contributed by atoms with Gasteiger partial charge < -0.3 is 0 Å². The highest BCUT2D eigenvalue weighted by molar-refractivity contribution is 7.86. The number of nitrogens with one attached hydrogen (secondary N) is 1.